The van der Waals surface area contributed by atoms with E-state index in [0.717, 1.165) is 25.1 Å². The smallest absolute Gasteiger partial charge is 0.355 e. The molecule has 4 rings (SSSR count). The van der Waals surface area contributed by atoms with Gasteiger partial charge in [-0.05, 0) is 43.2 Å². The molecule has 190 valence electrons. The van der Waals surface area contributed by atoms with Crippen LogP contribution in [0.15, 0.2) is 42.7 Å². The van der Waals surface area contributed by atoms with Crippen LogP contribution in [0.5, 0.6) is 0 Å². The number of piperidine rings is 1. The molecule has 1 aromatic carbocycles. The van der Waals surface area contributed by atoms with Gasteiger partial charge in [0.2, 0.25) is 5.91 Å². The highest BCUT2D eigenvalue weighted by atomic mass is 35.5. The van der Waals surface area contributed by atoms with Gasteiger partial charge in [0, 0.05) is 41.8 Å². The Kier molecular flexibility index (Phi) is 7.70. The number of halogens is 5. The van der Waals surface area contributed by atoms with Gasteiger partial charge in [-0.1, -0.05) is 37.0 Å². The first-order valence-electron chi connectivity index (χ1n) is 11.4. The number of nitrogens with zero attached hydrogens (tertiary/aromatic N) is 4. The molecular weight excluding hydrogens is 514 g/mol. The van der Waals surface area contributed by atoms with Gasteiger partial charge in [0.15, 0.2) is 0 Å². The van der Waals surface area contributed by atoms with Crippen LogP contribution in [0.25, 0.3) is 22.6 Å². The summed E-state index contributed by atoms with van der Waals surface area (Å²) in [5, 5.41) is 3.83. The maximum absolute atomic E-state index is 13.0. The van der Waals surface area contributed by atoms with Gasteiger partial charge in [-0.3, -0.25) is 9.78 Å². The average Bonchev–Trinajstić information content (AvgIpc) is 2.84. The largest absolute Gasteiger partial charge is 0.417 e. The van der Waals surface area contributed by atoms with Crippen LogP contribution in [0.1, 0.15) is 32.3 Å². The van der Waals surface area contributed by atoms with E-state index in [1.165, 1.54) is 6.07 Å². The second kappa shape index (κ2) is 10.6. The van der Waals surface area contributed by atoms with Gasteiger partial charge >= 0.3 is 6.18 Å². The molecule has 1 saturated heterocycles. The minimum atomic E-state index is -4.50. The number of aromatic nitrogens is 3. The molecular formula is C25H24Cl2F3N5O. The molecule has 0 radical (unpaired) electrons. The van der Waals surface area contributed by atoms with Crippen molar-refractivity contribution in [1.82, 2.24) is 20.3 Å². The molecule has 3 aromatic rings. The molecule has 0 saturated carbocycles. The van der Waals surface area contributed by atoms with Gasteiger partial charge < -0.3 is 10.2 Å². The molecule has 1 N–H and O–H groups in total. The summed E-state index contributed by atoms with van der Waals surface area (Å²) in [5.41, 5.74) is 0.603. The van der Waals surface area contributed by atoms with E-state index in [9.17, 15) is 18.0 Å². The first-order chi connectivity index (χ1) is 17.0. The Bertz CT molecular complexity index is 1240. The van der Waals surface area contributed by atoms with Gasteiger partial charge in [-0.25, -0.2) is 9.97 Å². The first kappa shape index (κ1) is 26.2. The molecule has 0 unspecified atom stereocenters. The van der Waals surface area contributed by atoms with Crippen molar-refractivity contribution in [1.29, 1.82) is 0 Å². The SMILES string of the molecule is CC(C)C(=O)NC1CCN(c2cnc(-c3ccc(C(F)(F)F)cn3)c(-c3ccc(Cl)cc3Cl)n2)CC1. The third kappa shape index (κ3) is 5.90. The predicted octanol–water partition coefficient (Wildman–Crippen LogP) is 6.27. The molecule has 11 heteroatoms. The normalized spacial score (nSPS) is 14.8. The zero-order valence-corrected chi connectivity index (χ0v) is 21.1. The van der Waals surface area contributed by atoms with Crippen molar-refractivity contribution >= 4 is 34.9 Å². The van der Waals surface area contributed by atoms with Gasteiger partial charge in [-0.15, -0.1) is 0 Å². The second-order valence-corrected chi connectivity index (χ2v) is 9.75. The van der Waals surface area contributed by atoms with Crippen molar-refractivity contribution in [3.8, 4) is 22.6 Å². The van der Waals surface area contributed by atoms with E-state index in [4.69, 9.17) is 28.2 Å². The van der Waals surface area contributed by atoms with E-state index in [2.05, 4.69) is 20.2 Å². The summed E-state index contributed by atoms with van der Waals surface area (Å²) >= 11 is 12.5. The summed E-state index contributed by atoms with van der Waals surface area (Å²) in [6, 6.07) is 7.23. The van der Waals surface area contributed by atoms with Crippen LogP contribution >= 0.6 is 23.2 Å². The predicted molar refractivity (Wildman–Crippen MR) is 134 cm³/mol. The molecule has 1 fully saturated rings. The summed E-state index contributed by atoms with van der Waals surface area (Å²) in [4.78, 5) is 27.4. The van der Waals surface area contributed by atoms with Gasteiger partial charge in [-0.2, -0.15) is 13.2 Å². The third-order valence-electron chi connectivity index (χ3n) is 5.97. The number of alkyl halides is 3. The van der Waals surface area contributed by atoms with Crippen LogP contribution < -0.4 is 10.2 Å². The Morgan fingerprint density at radius 3 is 2.36 bits per heavy atom. The van der Waals surface area contributed by atoms with Crippen molar-refractivity contribution < 1.29 is 18.0 Å². The number of anilines is 1. The fourth-order valence-corrected chi connectivity index (χ4v) is 4.41. The highest BCUT2D eigenvalue weighted by Crippen LogP contribution is 2.36. The summed E-state index contributed by atoms with van der Waals surface area (Å²) in [6.07, 6.45) is -0.646. The zero-order valence-electron chi connectivity index (χ0n) is 19.6. The van der Waals surface area contributed by atoms with Crippen LogP contribution in [0.3, 0.4) is 0 Å². The maximum Gasteiger partial charge on any atom is 0.417 e. The molecule has 3 heterocycles. The summed E-state index contributed by atoms with van der Waals surface area (Å²) in [6.45, 7) is 5.03. The number of carbonyl (C=O) groups excluding carboxylic acids is 1. The Balaban J connectivity index is 1.66. The summed E-state index contributed by atoms with van der Waals surface area (Å²) in [7, 11) is 0. The van der Waals surface area contributed by atoms with E-state index in [0.29, 0.717) is 45.9 Å². The van der Waals surface area contributed by atoms with Gasteiger partial charge in [0.05, 0.1) is 22.5 Å². The molecule has 36 heavy (non-hydrogen) atoms. The van der Waals surface area contributed by atoms with Gasteiger partial charge in [0.1, 0.15) is 17.2 Å². The number of pyridine rings is 1. The number of carbonyl (C=O) groups is 1. The number of rotatable bonds is 5. The second-order valence-electron chi connectivity index (χ2n) is 8.90. The number of benzene rings is 1. The van der Waals surface area contributed by atoms with Crippen LogP contribution in [0, 0.1) is 5.92 Å². The number of nitrogens with one attached hydrogen (secondary N) is 1. The molecule has 1 amide bonds. The molecule has 0 bridgehead atoms. The number of hydrogen-bond donors (Lipinski definition) is 1. The van der Waals surface area contributed by atoms with E-state index in [1.54, 1.807) is 24.4 Å². The third-order valence-corrected chi connectivity index (χ3v) is 6.52. The van der Waals surface area contributed by atoms with Crippen LogP contribution in [0.2, 0.25) is 10.0 Å². The Morgan fingerprint density at radius 2 is 1.78 bits per heavy atom. The number of hydrogen-bond acceptors (Lipinski definition) is 5. The van der Waals surface area contributed by atoms with Crippen molar-refractivity contribution in [3.63, 3.8) is 0 Å². The first-order valence-corrected chi connectivity index (χ1v) is 12.2. The Hall–Kier alpha value is -2.91. The fraction of sp³-hybridized carbons (Fsp3) is 0.360. The zero-order chi connectivity index (χ0) is 26.0. The molecule has 0 spiro atoms. The summed E-state index contributed by atoms with van der Waals surface area (Å²) < 4.78 is 39.1. The highest BCUT2D eigenvalue weighted by Gasteiger charge is 2.31. The monoisotopic (exact) mass is 537 g/mol. The molecule has 1 aliphatic rings. The van der Waals surface area contributed by atoms with E-state index in [-0.39, 0.29) is 23.6 Å². The van der Waals surface area contributed by atoms with E-state index < -0.39 is 11.7 Å². The van der Waals surface area contributed by atoms with Crippen LogP contribution in [-0.2, 0) is 11.0 Å². The Morgan fingerprint density at radius 1 is 1.06 bits per heavy atom. The lowest BCUT2D eigenvalue weighted by Gasteiger charge is -2.33. The molecule has 1 aliphatic heterocycles. The topological polar surface area (TPSA) is 71.0 Å². The van der Waals surface area contributed by atoms with Crippen molar-refractivity contribution in [2.75, 3.05) is 18.0 Å². The van der Waals surface area contributed by atoms with Crippen molar-refractivity contribution in [3.05, 3.63) is 58.3 Å². The average molecular weight is 538 g/mol. The van der Waals surface area contributed by atoms with E-state index >= 15 is 0 Å². The van der Waals surface area contributed by atoms with E-state index in [1.807, 2.05) is 13.8 Å². The van der Waals surface area contributed by atoms with Crippen molar-refractivity contribution in [2.24, 2.45) is 5.92 Å². The molecule has 2 aromatic heterocycles. The van der Waals surface area contributed by atoms with Crippen molar-refractivity contribution in [2.45, 2.75) is 38.9 Å². The van der Waals surface area contributed by atoms with Crippen LogP contribution in [0.4, 0.5) is 19.0 Å². The molecule has 6 nitrogen and oxygen atoms in total. The summed E-state index contributed by atoms with van der Waals surface area (Å²) in [5.74, 6) is 0.550. The lowest BCUT2D eigenvalue weighted by Crippen LogP contribution is -2.46. The fourth-order valence-electron chi connectivity index (χ4n) is 3.91. The minimum Gasteiger partial charge on any atom is -0.355 e. The standard InChI is InChI=1S/C25H24Cl2F3N5O/c1-14(2)24(36)33-17-7-9-35(10-8-17)21-13-32-23(20-6-3-15(12-31-20)25(28,29)30)22(34-21)18-5-4-16(26)11-19(18)27/h3-6,11-14,17H,7-10H2,1-2H3,(H,33,36). The molecule has 0 atom stereocenters. The van der Waals surface area contributed by atoms with Crippen LogP contribution in [-0.4, -0.2) is 40.0 Å². The van der Waals surface area contributed by atoms with Gasteiger partial charge in [0.25, 0.3) is 0 Å². The lowest BCUT2D eigenvalue weighted by atomic mass is 10.0. The highest BCUT2D eigenvalue weighted by molar-refractivity contribution is 6.36. The Labute approximate surface area is 216 Å². The minimum absolute atomic E-state index is 0.0290. The molecule has 0 aliphatic carbocycles. The quantitative estimate of drug-likeness (QED) is 0.415. The maximum atomic E-state index is 13.0. The lowest BCUT2D eigenvalue weighted by molar-refractivity contribution is -0.137. The number of amides is 1.